The molecule has 0 radical (unpaired) electrons. The Bertz CT molecular complexity index is 965. The van der Waals surface area contributed by atoms with Gasteiger partial charge in [-0.2, -0.15) is 0 Å². The molecule has 0 bridgehead atoms. The highest BCUT2D eigenvalue weighted by Gasteiger charge is 2.39. The van der Waals surface area contributed by atoms with Crippen LogP contribution in [-0.4, -0.2) is 12.8 Å². The molecule has 2 saturated carbocycles. The summed E-state index contributed by atoms with van der Waals surface area (Å²) in [6.07, 6.45) is 11.9. The lowest BCUT2D eigenvalue weighted by Gasteiger charge is -2.45. The van der Waals surface area contributed by atoms with Crippen LogP contribution in [0.1, 0.15) is 50.5 Å². The molecule has 2 heteroatoms. The molecular formula is C27H30BN. The van der Waals surface area contributed by atoms with Gasteiger partial charge in [-0.15, -0.1) is 0 Å². The van der Waals surface area contributed by atoms with Crippen molar-refractivity contribution in [1.29, 1.82) is 0 Å². The maximum Gasteiger partial charge on any atom is 0.115 e. The molecule has 3 atom stereocenters. The molecule has 2 aliphatic carbocycles. The number of pyridine rings is 1. The predicted octanol–water partition coefficient (Wildman–Crippen LogP) is 6.23. The van der Waals surface area contributed by atoms with Gasteiger partial charge < -0.3 is 0 Å². The number of hydrogen-bond donors (Lipinski definition) is 0. The number of nitrogens with zero attached hydrogens (tertiary/aromatic N) is 1. The van der Waals surface area contributed by atoms with Gasteiger partial charge in [0.15, 0.2) is 0 Å². The summed E-state index contributed by atoms with van der Waals surface area (Å²) in [6.45, 7) is 0. The van der Waals surface area contributed by atoms with Gasteiger partial charge in [0.05, 0.1) is 5.69 Å². The molecule has 2 aliphatic rings. The van der Waals surface area contributed by atoms with E-state index >= 15 is 0 Å². The normalized spacial score (nSPS) is 26.6. The molecule has 3 aromatic rings. The lowest BCUT2D eigenvalue weighted by Crippen LogP contribution is -2.38. The topological polar surface area (TPSA) is 12.9 Å². The summed E-state index contributed by atoms with van der Waals surface area (Å²) in [5, 5.41) is 0.352. The second-order valence-electron chi connectivity index (χ2n) is 9.48. The van der Waals surface area contributed by atoms with E-state index in [2.05, 4.69) is 73.5 Å². The minimum absolute atomic E-state index is 0.352. The van der Waals surface area contributed by atoms with Gasteiger partial charge >= 0.3 is 0 Å². The fourth-order valence-corrected chi connectivity index (χ4v) is 5.82. The third-order valence-electron chi connectivity index (χ3n) is 7.59. The molecule has 1 nitrogen and oxygen atoms in total. The fraction of sp³-hybridized carbons (Fsp3) is 0.370. The first-order valence-electron chi connectivity index (χ1n) is 11.3. The van der Waals surface area contributed by atoms with Crippen molar-refractivity contribution in [1.82, 2.24) is 4.98 Å². The van der Waals surface area contributed by atoms with Crippen LogP contribution < -0.4 is 0 Å². The van der Waals surface area contributed by atoms with Gasteiger partial charge in [0.1, 0.15) is 7.85 Å². The molecule has 0 spiro atoms. The van der Waals surface area contributed by atoms with Crippen molar-refractivity contribution in [2.45, 2.75) is 50.3 Å². The van der Waals surface area contributed by atoms with E-state index < -0.39 is 0 Å². The largest absolute Gasteiger partial charge is 0.256 e. The summed E-state index contributed by atoms with van der Waals surface area (Å²) in [5.41, 5.74) is 6.26. The molecule has 0 amide bonds. The Hall–Kier alpha value is -2.35. The van der Waals surface area contributed by atoms with Gasteiger partial charge in [-0.1, -0.05) is 93.1 Å². The zero-order valence-electron chi connectivity index (χ0n) is 17.5. The molecule has 29 heavy (non-hydrogen) atoms. The lowest BCUT2D eigenvalue weighted by molar-refractivity contribution is 0.141. The maximum absolute atomic E-state index is 4.58. The average molecular weight is 379 g/mol. The summed E-state index contributed by atoms with van der Waals surface area (Å²) in [6, 6.07) is 24.2. The Morgan fingerprint density at radius 2 is 1.52 bits per heavy atom. The number of hydrogen-bond acceptors (Lipinski definition) is 1. The third-order valence-corrected chi connectivity index (χ3v) is 7.59. The summed E-state index contributed by atoms with van der Waals surface area (Å²) < 4.78 is 0. The van der Waals surface area contributed by atoms with Gasteiger partial charge in [-0.05, 0) is 52.4 Å². The van der Waals surface area contributed by atoms with Crippen molar-refractivity contribution in [3.05, 3.63) is 78.5 Å². The van der Waals surface area contributed by atoms with Crippen LogP contribution in [0, 0.1) is 11.8 Å². The summed E-state index contributed by atoms with van der Waals surface area (Å²) in [4.78, 5) is 4.58. The quantitative estimate of drug-likeness (QED) is 0.491. The predicted molar refractivity (Wildman–Crippen MR) is 125 cm³/mol. The van der Waals surface area contributed by atoms with E-state index in [1.54, 1.807) is 0 Å². The van der Waals surface area contributed by atoms with Crippen molar-refractivity contribution in [2.24, 2.45) is 11.8 Å². The Labute approximate surface area is 176 Å². The number of rotatable bonds is 3. The molecule has 2 fully saturated rings. The standard InChI is InChI=1S/C27H30BN/c28-27(16-14-20-6-4-5-9-24(20)19-27)25-12-10-21(11-13-25)23-15-17-29-26(18-23)22-7-2-1-3-8-22/h1-3,7-8,10-13,15,17-18,20,24H,4-6,9,14,16,19,28H2. The van der Waals surface area contributed by atoms with Crippen molar-refractivity contribution in [3.63, 3.8) is 0 Å². The van der Waals surface area contributed by atoms with E-state index in [0.29, 0.717) is 5.31 Å². The van der Waals surface area contributed by atoms with Crippen LogP contribution >= 0.6 is 0 Å². The summed E-state index contributed by atoms with van der Waals surface area (Å²) in [7, 11) is 2.51. The average Bonchev–Trinajstić information content (AvgIpc) is 2.80. The minimum atomic E-state index is 0.352. The van der Waals surface area contributed by atoms with E-state index in [0.717, 1.165) is 17.5 Å². The highest BCUT2D eigenvalue weighted by molar-refractivity contribution is 6.16. The van der Waals surface area contributed by atoms with Crippen molar-refractivity contribution in [2.75, 3.05) is 0 Å². The first-order valence-corrected chi connectivity index (χ1v) is 11.3. The Kier molecular flexibility index (Phi) is 5.03. The van der Waals surface area contributed by atoms with Crippen LogP contribution in [0.25, 0.3) is 22.4 Å². The monoisotopic (exact) mass is 379 g/mol. The zero-order chi connectivity index (χ0) is 19.7. The lowest BCUT2D eigenvalue weighted by atomic mass is 9.51. The highest BCUT2D eigenvalue weighted by Crippen LogP contribution is 2.48. The molecule has 5 rings (SSSR count). The van der Waals surface area contributed by atoms with Crippen LogP contribution in [-0.2, 0) is 5.31 Å². The Morgan fingerprint density at radius 3 is 2.31 bits per heavy atom. The first kappa shape index (κ1) is 18.7. The molecule has 1 heterocycles. The van der Waals surface area contributed by atoms with Gasteiger partial charge in [0.2, 0.25) is 0 Å². The molecule has 146 valence electrons. The first-order chi connectivity index (χ1) is 14.2. The van der Waals surface area contributed by atoms with E-state index in [-0.39, 0.29) is 0 Å². The summed E-state index contributed by atoms with van der Waals surface area (Å²) in [5.74, 6) is 1.96. The molecule has 2 aromatic carbocycles. The maximum atomic E-state index is 4.58. The van der Waals surface area contributed by atoms with Crippen molar-refractivity contribution < 1.29 is 0 Å². The summed E-state index contributed by atoms with van der Waals surface area (Å²) >= 11 is 0. The fourth-order valence-electron chi connectivity index (χ4n) is 5.82. The van der Waals surface area contributed by atoms with Gasteiger partial charge in [-0.3, -0.25) is 4.98 Å². The smallest absolute Gasteiger partial charge is 0.115 e. The second kappa shape index (κ2) is 7.82. The van der Waals surface area contributed by atoms with Crippen LogP contribution in [0.15, 0.2) is 72.9 Å². The minimum Gasteiger partial charge on any atom is -0.256 e. The number of aromatic nitrogens is 1. The van der Waals surface area contributed by atoms with Crippen LogP contribution in [0.4, 0.5) is 0 Å². The molecule has 0 aliphatic heterocycles. The highest BCUT2D eigenvalue weighted by atomic mass is 14.7. The molecule has 0 N–H and O–H groups in total. The van der Waals surface area contributed by atoms with Crippen LogP contribution in [0.5, 0.6) is 0 Å². The van der Waals surface area contributed by atoms with Gasteiger partial charge in [0.25, 0.3) is 0 Å². The SMILES string of the molecule is BC1(c2ccc(-c3ccnc(-c4ccccc4)c3)cc2)CCC2CCCCC2C1. The zero-order valence-corrected chi connectivity index (χ0v) is 17.5. The number of fused-ring (bicyclic) bond motifs is 1. The van der Waals surface area contributed by atoms with E-state index in [4.69, 9.17) is 0 Å². The Balaban J connectivity index is 1.38. The molecule has 1 aromatic heterocycles. The molecular weight excluding hydrogens is 349 g/mol. The van der Waals surface area contributed by atoms with E-state index in [9.17, 15) is 0 Å². The van der Waals surface area contributed by atoms with Gasteiger partial charge in [-0.25, -0.2) is 0 Å². The number of benzene rings is 2. The van der Waals surface area contributed by atoms with E-state index in [1.165, 1.54) is 67.2 Å². The van der Waals surface area contributed by atoms with Crippen molar-refractivity contribution >= 4 is 7.85 Å². The third kappa shape index (κ3) is 3.78. The van der Waals surface area contributed by atoms with Crippen LogP contribution in [0.3, 0.4) is 0 Å². The van der Waals surface area contributed by atoms with E-state index in [1.807, 2.05) is 12.3 Å². The van der Waals surface area contributed by atoms with Crippen molar-refractivity contribution in [3.8, 4) is 22.4 Å². The molecule has 3 unspecified atom stereocenters. The van der Waals surface area contributed by atoms with Crippen LogP contribution in [0.2, 0.25) is 0 Å². The second-order valence-corrected chi connectivity index (χ2v) is 9.48. The van der Waals surface area contributed by atoms with Gasteiger partial charge in [0, 0.05) is 11.8 Å². The Morgan fingerprint density at radius 1 is 0.759 bits per heavy atom. The molecule has 0 saturated heterocycles.